The minimum absolute atomic E-state index is 0.0228. The van der Waals surface area contributed by atoms with E-state index in [2.05, 4.69) is 14.1 Å². The predicted molar refractivity (Wildman–Crippen MR) is 57.1 cm³/mol. The first-order valence-electron chi connectivity index (χ1n) is 4.23. The number of nitrogens with one attached hydrogen (secondary N) is 1. The van der Waals surface area contributed by atoms with E-state index in [1.54, 1.807) is 0 Å². The van der Waals surface area contributed by atoms with Crippen molar-refractivity contribution in [1.29, 1.82) is 0 Å². The molecule has 0 amide bonds. The highest BCUT2D eigenvalue weighted by Gasteiger charge is 2.17. The summed E-state index contributed by atoms with van der Waals surface area (Å²) in [6.07, 6.45) is 1.16. The second-order valence-electron chi connectivity index (χ2n) is 2.96. The van der Waals surface area contributed by atoms with Gasteiger partial charge in [-0.05, 0) is 12.1 Å². The molecule has 1 N–H and O–H groups in total. The lowest BCUT2D eigenvalue weighted by atomic mass is 10.3. The van der Waals surface area contributed by atoms with Crippen LogP contribution in [0.1, 0.15) is 0 Å². The third-order valence-electron chi connectivity index (χ3n) is 1.73. The molecule has 17 heavy (non-hydrogen) atoms. The number of sulfonamides is 1. The maximum absolute atomic E-state index is 12.9. The number of hydrogen-bond acceptors (Lipinski definition) is 5. The molecule has 1 aromatic heterocycles. The van der Waals surface area contributed by atoms with Crippen LogP contribution in [0, 0.1) is 11.6 Å². The van der Waals surface area contributed by atoms with E-state index in [1.165, 1.54) is 0 Å². The Morgan fingerprint density at radius 3 is 2.35 bits per heavy atom. The molecule has 0 fully saturated rings. The fraction of sp³-hybridized carbons (Fsp3) is 0. The van der Waals surface area contributed by atoms with Gasteiger partial charge in [-0.1, -0.05) is 0 Å². The minimum Gasteiger partial charge on any atom is -0.253 e. The Morgan fingerprint density at radius 1 is 1.18 bits per heavy atom. The van der Waals surface area contributed by atoms with Crippen LogP contribution in [0.4, 0.5) is 13.9 Å². The van der Waals surface area contributed by atoms with Crippen molar-refractivity contribution in [3.8, 4) is 0 Å². The number of benzene rings is 1. The normalized spacial score (nSPS) is 11.4. The highest BCUT2D eigenvalue weighted by atomic mass is 32.2. The van der Waals surface area contributed by atoms with Crippen molar-refractivity contribution in [2.75, 3.05) is 4.72 Å². The van der Waals surface area contributed by atoms with Gasteiger partial charge in [-0.2, -0.15) is 4.37 Å². The molecule has 2 rings (SSSR count). The van der Waals surface area contributed by atoms with E-state index >= 15 is 0 Å². The minimum atomic E-state index is -4.05. The van der Waals surface area contributed by atoms with Crippen LogP contribution in [-0.2, 0) is 10.0 Å². The van der Waals surface area contributed by atoms with Gasteiger partial charge < -0.3 is 0 Å². The Kier molecular flexibility index (Phi) is 3.03. The molecule has 0 radical (unpaired) electrons. The van der Waals surface area contributed by atoms with Gasteiger partial charge in [0.1, 0.15) is 18.0 Å². The summed E-state index contributed by atoms with van der Waals surface area (Å²) in [7, 11) is -4.05. The summed E-state index contributed by atoms with van der Waals surface area (Å²) in [4.78, 5) is 3.09. The Bertz CT molecular complexity index is 608. The van der Waals surface area contributed by atoms with Crippen LogP contribution in [-0.4, -0.2) is 17.8 Å². The van der Waals surface area contributed by atoms with E-state index in [1.807, 2.05) is 0 Å². The maximum atomic E-state index is 12.9. The molecule has 1 aromatic carbocycles. The summed E-state index contributed by atoms with van der Waals surface area (Å²) in [5, 5.41) is 0.0228. The Hall–Kier alpha value is -1.61. The SMILES string of the molecule is O=S(=O)(Nc1ncns1)c1cc(F)cc(F)c1. The number of aromatic nitrogens is 2. The highest BCUT2D eigenvalue weighted by molar-refractivity contribution is 7.93. The van der Waals surface area contributed by atoms with E-state index in [0.717, 1.165) is 17.9 Å². The highest BCUT2D eigenvalue weighted by Crippen LogP contribution is 2.18. The van der Waals surface area contributed by atoms with Crippen LogP contribution in [0.15, 0.2) is 29.4 Å². The van der Waals surface area contributed by atoms with E-state index in [0.29, 0.717) is 18.2 Å². The maximum Gasteiger partial charge on any atom is 0.263 e. The first kappa shape index (κ1) is 11.9. The number of halogens is 2. The summed E-state index contributed by atoms with van der Waals surface area (Å²) in [5.74, 6) is -1.94. The van der Waals surface area contributed by atoms with E-state index in [4.69, 9.17) is 0 Å². The zero-order chi connectivity index (χ0) is 12.5. The van der Waals surface area contributed by atoms with Crippen molar-refractivity contribution in [2.45, 2.75) is 4.90 Å². The molecule has 0 saturated heterocycles. The van der Waals surface area contributed by atoms with Crippen LogP contribution in [0.5, 0.6) is 0 Å². The third-order valence-corrected chi connectivity index (χ3v) is 3.76. The molecule has 2 aromatic rings. The van der Waals surface area contributed by atoms with E-state index in [-0.39, 0.29) is 5.13 Å². The van der Waals surface area contributed by atoms with Crippen molar-refractivity contribution >= 4 is 26.7 Å². The monoisotopic (exact) mass is 277 g/mol. The lowest BCUT2D eigenvalue weighted by Crippen LogP contribution is -2.13. The standard InChI is InChI=1S/C8H5F2N3O2S2/c9-5-1-6(10)3-7(2-5)17(14,15)13-8-11-4-12-16-8/h1-4H,(H,11,12,13). The molecule has 90 valence electrons. The van der Waals surface area contributed by atoms with Crippen molar-refractivity contribution in [3.63, 3.8) is 0 Å². The van der Waals surface area contributed by atoms with Gasteiger partial charge in [-0.15, -0.1) is 0 Å². The first-order chi connectivity index (χ1) is 7.97. The molecular formula is C8H5F2N3O2S2. The molecular weight excluding hydrogens is 272 g/mol. The zero-order valence-electron chi connectivity index (χ0n) is 8.09. The van der Waals surface area contributed by atoms with Gasteiger partial charge in [0, 0.05) is 17.6 Å². The second kappa shape index (κ2) is 4.34. The summed E-state index contributed by atoms with van der Waals surface area (Å²) >= 11 is 0.814. The number of nitrogens with zero attached hydrogens (tertiary/aromatic N) is 2. The smallest absolute Gasteiger partial charge is 0.253 e. The van der Waals surface area contributed by atoms with Crippen LogP contribution < -0.4 is 4.72 Å². The molecule has 0 atom stereocenters. The van der Waals surface area contributed by atoms with Gasteiger partial charge >= 0.3 is 0 Å². The van der Waals surface area contributed by atoms with Gasteiger partial charge in [-0.3, -0.25) is 4.72 Å². The summed E-state index contributed by atoms with van der Waals surface area (Å²) < 4.78 is 54.8. The lowest BCUT2D eigenvalue weighted by molar-refractivity contribution is 0.568. The average molecular weight is 277 g/mol. The van der Waals surface area contributed by atoms with Crippen molar-refractivity contribution in [2.24, 2.45) is 0 Å². The molecule has 0 bridgehead atoms. The summed E-state index contributed by atoms with van der Waals surface area (Å²) in [5.41, 5.74) is 0. The van der Waals surface area contributed by atoms with E-state index < -0.39 is 26.6 Å². The molecule has 9 heteroatoms. The lowest BCUT2D eigenvalue weighted by Gasteiger charge is -2.04. The van der Waals surface area contributed by atoms with Gasteiger partial charge in [0.05, 0.1) is 4.90 Å². The number of hydrogen-bond donors (Lipinski definition) is 1. The third kappa shape index (κ3) is 2.74. The molecule has 0 aliphatic rings. The fourth-order valence-electron chi connectivity index (χ4n) is 1.08. The quantitative estimate of drug-likeness (QED) is 0.925. The average Bonchev–Trinajstić information content (AvgIpc) is 2.68. The van der Waals surface area contributed by atoms with Crippen LogP contribution >= 0.6 is 11.5 Å². The van der Waals surface area contributed by atoms with Gasteiger partial charge in [0.15, 0.2) is 0 Å². The topological polar surface area (TPSA) is 72.0 Å². The number of rotatable bonds is 3. The molecule has 0 spiro atoms. The molecule has 5 nitrogen and oxygen atoms in total. The Morgan fingerprint density at radius 2 is 1.82 bits per heavy atom. The number of anilines is 1. The second-order valence-corrected chi connectivity index (χ2v) is 5.42. The first-order valence-corrected chi connectivity index (χ1v) is 6.48. The molecule has 0 saturated carbocycles. The summed E-state index contributed by atoms with van der Waals surface area (Å²) in [6.45, 7) is 0. The zero-order valence-corrected chi connectivity index (χ0v) is 9.73. The van der Waals surface area contributed by atoms with E-state index in [9.17, 15) is 17.2 Å². The molecule has 1 heterocycles. The van der Waals surface area contributed by atoms with Crippen molar-refractivity contribution < 1.29 is 17.2 Å². The van der Waals surface area contributed by atoms with Crippen LogP contribution in [0.2, 0.25) is 0 Å². The molecule has 0 aliphatic heterocycles. The van der Waals surface area contributed by atoms with Gasteiger partial charge in [-0.25, -0.2) is 22.2 Å². The largest absolute Gasteiger partial charge is 0.263 e. The van der Waals surface area contributed by atoms with Crippen molar-refractivity contribution in [1.82, 2.24) is 9.36 Å². The van der Waals surface area contributed by atoms with Gasteiger partial charge in [0.2, 0.25) is 5.13 Å². The molecule has 0 unspecified atom stereocenters. The van der Waals surface area contributed by atoms with Crippen LogP contribution in [0.3, 0.4) is 0 Å². The van der Waals surface area contributed by atoms with Crippen molar-refractivity contribution in [3.05, 3.63) is 36.2 Å². The van der Waals surface area contributed by atoms with Gasteiger partial charge in [0.25, 0.3) is 10.0 Å². The Labute approximate surface area is 99.4 Å². The Balaban J connectivity index is 2.38. The van der Waals surface area contributed by atoms with Crippen LogP contribution in [0.25, 0.3) is 0 Å². The molecule has 0 aliphatic carbocycles. The summed E-state index contributed by atoms with van der Waals surface area (Å²) in [6, 6.07) is 2.02. The predicted octanol–water partition coefficient (Wildman–Crippen LogP) is 1.62. The fourth-order valence-corrected chi connectivity index (χ4v) is 2.78.